The van der Waals surface area contributed by atoms with E-state index in [4.69, 9.17) is 4.74 Å². The third kappa shape index (κ3) is 30.8. The van der Waals surface area contributed by atoms with Crippen LogP contribution in [0.3, 0.4) is 0 Å². The van der Waals surface area contributed by atoms with Gasteiger partial charge in [0, 0.05) is 12.8 Å². The quantitative estimate of drug-likeness (QED) is 0.0533. The third-order valence-electron chi connectivity index (χ3n) is 6.70. The number of rotatable bonds is 26. The number of hydrogen-bond donors (Lipinski definition) is 0. The number of hydrogen-bond acceptors (Lipinski definition) is 3. The molecule has 0 aliphatic carbocycles. The first kappa shape index (κ1) is 36.9. The molecule has 0 saturated heterocycles. The van der Waals surface area contributed by atoms with E-state index in [9.17, 15) is 9.59 Å². The van der Waals surface area contributed by atoms with Gasteiger partial charge in [0.1, 0.15) is 0 Å². The second-order valence-corrected chi connectivity index (χ2v) is 10.1. The van der Waals surface area contributed by atoms with Gasteiger partial charge in [-0.1, -0.05) is 155 Å². The summed E-state index contributed by atoms with van der Waals surface area (Å²) < 4.78 is 4.96. The molecule has 0 radical (unpaired) electrons. The van der Waals surface area contributed by atoms with Gasteiger partial charge in [0.25, 0.3) is 0 Å². The van der Waals surface area contributed by atoms with Gasteiger partial charge in [-0.05, 0) is 12.8 Å². The summed E-state index contributed by atoms with van der Waals surface area (Å²) in [6, 6.07) is 0. The van der Waals surface area contributed by atoms with Crippen molar-refractivity contribution in [1.82, 2.24) is 0 Å². The fourth-order valence-corrected chi connectivity index (χ4v) is 4.45. The minimum absolute atomic E-state index is 0. The van der Waals surface area contributed by atoms with E-state index < -0.39 is 0 Å². The smallest absolute Gasteiger partial charge is 1.00 e. The SMILES string of the molecule is CCCCCCCCCCCCCCCCCC(=O)OC(=O)CCCCCCCCCCC.[H-].[K+]. The van der Waals surface area contributed by atoms with Gasteiger partial charge in [0.2, 0.25) is 0 Å². The Kier molecular flexibility index (Phi) is 34.5. The Morgan fingerprint density at radius 1 is 0.412 bits per heavy atom. The van der Waals surface area contributed by atoms with E-state index in [1.807, 2.05) is 0 Å². The molecule has 0 amide bonds. The zero-order chi connectivity index (χ0) is 24.2. The number of carbonyl (C=O) groups is 2. The fourth-order valence-electron chi connectivity index (χ4n) is 4.45. The van der Waals surface area contributed by atoms with Crippen LogP contribution in [-0.4, -0.2) is 11.9 Å². The maximum absolute atomic E-state index is 11.8. The van der Waals surface area contributed by atoms with Crippen LogP contribution in [0.1, 0.15) is 182 Å². The predicted octanol–water partition coefficient (Wildman–Crippen LogP) is 7.36. The Labute approximate surface area is 257 Å². The molecule has 0 spiro atoms. The van der Waals surface area contributed by atoms with Crippen molar-refractivity contribution in [2.45, 2.75) is 181 Å². The summed E-state index contributed by atoms with van der Waals surface area (Å²) in [5.41, 5.74) is 0. The summed E-state index contributed by atoms with van der Waals surface area (Å²) in [6.07, 6.45) is 31.4. The monoisotopic (exact) mass is 506 g/mol. The Balaban J connectivity index is -0.00000512. The van der Waals surface area contributed by atoms with Crippen molar-refractivity contribution in [3.63, 3.8) is 0 Å². The van der Waals surface area contributed by atoms with Crippen molar-refractivity contribution in [2.75, 3.05) is 0 Å². The van der Waals surface area contributed by atoms with Crippen LogP contribution in [0, 0.1) is 0 Å². The van der Waals surface area contributed by atoms with E-state index in [0.717, 1.165) is 25.7 Å². The molecule has 0 aliphatic rings. The molecular weight excluding hydrogens is 447 g/mol. The van der Waals surface area contributed by atoms with Gasteiger partial charge >= 0.3 is 63.3 Å². The van der Waals surface area contributed by atoms with Gasteiger partial charge in [-0.15, -0.1) is 0 Å². The van der Waals surface area contributed by atoms with E-state index in [0.29, 0.717) is 12.8 Å². The Hall–Kier alpha value is 0.776. The van der Waals surface area contributed by atoms with Crippen molar-refractivity contribution < 1.29 is 67.1 Å². The second-order valence-electron chi connectivity index (χ2n) is 10.1. The second kappa shape index (κ2) is 31.8. The molecule has 0 aromatic heterocycles. The Morgan fingerprint density at radius 2 is 0.618 bits per heavy atom. The molecule has 0 heterocycles. The van der Waals surface area contributed by atoms with Crippen molar-refractivity contribution in [2.24, 2.45) is 0 Å². The number of carbonyl (C=O) groups excluding carboxylic acids is 2. The van der Waals surface area contributed by atoms with Crippen molar-refractivity contribution in [1.29, 1.82) is 0 Å². The van der Waals surface area contributed by atoms with Crippen LogP contribution in [-0.2, 0) is 14.3 Å². The van der Waals surface area contributed by atoms with Crippen molar-refractivity contribution in [3.05, 3.63) is 0 Å². The first-order valence-corrected chi connectivity index (χ1v) is 14.9. The molecular formula is C30H59KO3. The average Bonchev–Trinajstić information content (AvgIpc) is 2.80. The molecule has 34 heavy (non-hydrogen) atoms. The molecule has 0 N–H and O–H groups in total. The topological polar surface area (TPSA) is 43.4 Å². The summed E-state index contributed by atoms with van der Waals surface area (Å²) in [7, 11) is 0. The van der Waals surface area contributed by atoms with E-state index in [2.05, 4.69) is 13.8 Å². The average molecular weight is 507 g/mol. The minimum atomic E-state index is -0.330. The van der Waals surface area contributed by atoms with E-state index in [1.54, 1.807) is 0 Å². The van der Waals surface area contributed by atoms with Crippen LogP contribution < -0.4 is 51.4 Å². The van der Waals surface area contributed by atoms with Crippen LogP contribution in [0.2, 0.25) is 0 Å². The maximum atomic E-state index is 11.8. The molecule has 4 heteroatoms. The van der Waals surface area contributed by atoms with Crippen LogP contribution in [0.15, 0.2) is 0 Å². The number of esters is 2. The molecule has 0 aromatic rings. The zero-order valence-corrected chi connectivity index (χ0v) is 26.7. The molecule has 0 fully saturated rings. The zero-order valence-electron chi connectivity index (χ0n) is 24.6. The Bertz CT molecular complexity index is 432. The summed E-state index contributed by atoms with van der Waals surface area (Å²) in [6.45, 7) is 4.51. The molecule has 0 saturated carbocycles. The molecule has 0 aromatic carbocycles. The molecule has 198 valence electrons. The van der Waals surface area contributed by atoms with Gasteiger partial charge in [-0.2, -0.15) is 0 Å². The summed E-state index contributed by atoms with van der Waals surface area (Å²) in [5.74, 6) is -0.658. The van der Waals surface area contributed by atoms with Crippen molar-refractivity contribution >= 4 is 11.9 Å². The van der Waals surface area contributed by atoms with Gasteiger partial charge in [-0.3, -0.25) is 9.59 Å². The van der Waals surface area contributed by atoms with Gasteiger partial charge in [0.15, 0.2) is 0 Å². The minimum Gasteiger partial charge on any atom is -1.00 e. The van der Waals surface area contributed by atoms with Crippen LogP contribution >= 0.6 is 0 Å². The summed E-state index contributed by atoms with van der Waals surface area (Å²) >= 11 is 0. The molecule has 0 unspecified atom stereocenters. The predicted molar refractivity (Wildman–Crippen MR) is 144 cm³/mol. The van der Waals surface area contributed by atoms with Crippen molar-refractivity contribution in [3.8, 4) is 0 Å². The van der Waals surface area contributed by atoms with Crippen LogP contribution in [0.4, 0.5) is 0 Å². The first-order chi connectivity index (χ1) is 16.2. The van der Waals surface area contributed by atoms with E-state index >= 15 is 0 Å². The number of ether oxygens (including phenoxy) is 1. The molecule has 3 nitrogen and oxygen atoms in total. The van der Waals surface area contributed by atoms with E-state index in [-0.39, 0.29) is 64.7 Å². The maximum Gasteiger partial charge on any atom is 1.00 e. The standard InChI is InChI=1S/C30H58O3.K.H/c1-3-5-7-9-11-13-14-15-16-17-18-20-22-24-26-28-30(32)33-29(31)27-25-23-21-19-12-10-8-6-4-2;;/h3-28H2,1-2H3;;/q;+1;-1. The largest absolute Gasteiger partial charge is 1.00 e. The number of unbranched alkanes of at least 4 members (excludes halogenated alkanes) is 22. The van der Waals surface area contributed by atoms with Gasteiger partial charge in [0.05, 0.1) is 0 Å². The molecule has 0 atom stereocenters. The normalized spacial score (nSPS) is 10.8. The summed E-state index contributed by atoms with van der Waals surface area (Å²) in [5, 5.41) is 0. The first-order valence-electron chi connectivity index (χ1n) is 14.9. The van der Waals surface area contributed by atoms with Gasteiger partial charge < -0.3 is 6.16 Å². The van der Waals surface area contributed by atoms with E-state index in [1.165, 1.54) is 128 Å². The molecule has 0 bridgehead atoms. The van der Waals surface area contributed by atoms with Crippen LogP contribution in [0.25, 0.3) is 0 Å². The molecule has 0 aliphatic heterocycles. The Morgan fingerprint density at radius 3 is 0.853 bits per heavy atom. The molecule has 0 rings (SSSR count). The van der Waals surface area contributed by atoms with Crippen LogP contribution in [0.5, 0.6) is 0 Å². The third-order valence-corrected chi connectivity index (χ3v) is 6.70. The summed E-state index contributed by atoms with van der Waals surface area (Å²) in [4.78, 5) is 23.6. The fraction of sp³-hybridized carbons (Fsp3) is 0.933. The van der Waals surface area contributed by atoms with Gasteiger partial charge in [-0.25, -0.2) is 0 Å².